The van der Waals surface area contributed by atoms with Gasteiger partial charge in [-0.3, -0.25) is 4.79 Å². The molecule has 0 saturated carbocycles. The Morgan fingerprint density at radius 2 is 1.96 bits per heavy atom. The lowest BCUT2D eigenvalue weighted by Crippen LogP contribution is -2.27. The Morgan fingerprint density at radius 1 is 1.21 bits per heavy atom. The summed E-state index contributed by atoms with van der Waals surface area (Å²) < 4.78 is 7.39. The molecule has 124 valence electrons. The number of hydrogen-bond donors (Lipinski definition) is 1. The topological polar surface area (TPSA) is 60.1 Å². The van der Waals surface area contributed by atoms with E-state index in [1.807, 2.05) is 49.4 Å². The third-order valence-electron chi connectivity index (χ3n) is 3.62. The van der Waals surface area contributed by atoms with Crippen LogP contribution in [0.2, 0.25) is 0 Å². The second-order valence-electron chi connectivity index (χ2n) is 6.19. The molecule has 24 heavy (non-hydrogen) atoms. The number of nitrogens with zero attached hydrogens (tertiary/aromatic N) is 2. The summed E-state index contributed by atoms with van der Waals surface area (Å²) in [6, 6.07) is 13.4. The minimum atomic E-state index is -0.144. The fraction of sp³-hybridized carbons (Fsp3) is 0.263. The van der Waals surface area contributed by atoms with Gasteiger partial charge < -0.3 is 9.73 Å². The van der Waals surface area contributed by atoms with Crippen molar-refractivity contribution in [1.29, 1.82) is 0 Å². The zero-order chi connectivity index (χ0) is 17.1. The van der Waals surface area contributed by atoms with Crippen molar-refractivity contribution >= 4 is 5.91 Å². The molecule has 0 radical (unpaired) electrons. The summed E-state index contributed by atoms with van der Waals surface area (Å²) in [4.78, 5) is 12.6. The lowest BCUT2D eigenvalue weighted by molar-refractivity contribution is 0.0949. The Kier molecular flexibility index (Phi) is 4.51. The third kappa shape index (κ3) is 3.40. The van der Waals surface area contributed by atoms with Crippen LogP contribution in [0, 0.1) is 12.8 Å². The number of aromatic nitrogens is 2. The highest BCUT2D eigenvalue weighted by molar-refractivity contribution is 5.99. The normalized spacial score (nSPS) is 11.0. The number of nitrogens with one attached hydrogen (secondary N) is 1. The highest BCUT2D eigenvalue weighted by Crippen LogP contribution is 2.25. The molecular weight excluding hydrogens is 302 g/mol. The number of amides is 1. The molecule has 3 rings (SSSR count). The summed E-state index contributed by atoms with van der Waals surface area (Å²) in [5.41, 5.74) is 1.95. The van der Waals surface area contributed by atoms with Gasteiger partial charge in [-0.25, -0.2) is 4.68 Å². The van der Waals surface area contributed by atoms with E-state index in [1.165, 1.54) is 0 Å². The molecule has 1 aromatic carbocycles. The molecule has 1 amide bonds. The zero-order valence-electron chi connectivity index (χ0n) is 14.1. The highest BCUT2D eigenvalue weighted by atomic mass is 16.3. The monoisotopic (exact) mass is 323 g/mol. The van der Waals surface area contributed by atoms with Gasteiger partial charge in [-0.05, 0) is 37.1 Å². The number of para-hydroxylation sites is 1. The average molecular weight is 323 g/mol. The first-order valence-electron chi connectivity index (χ1n) is 8.04. The molecule has 0 aliphatic heterocycles. The van der Waals surface area contributed by atoms with Crippen LogP contribution in [-0.2, 0) is 0 Å². The van der Waals surface area contributed by atoms with Crippen LogP contribution in [0.1, 0.15) is 30.0 Å². The standard InChI is InChI=1S/C19H21N3O2/c1-13(2)11-20-19(23)16-12-22(15-7-5-4-6-8-15)21-18(16)17-10-9-14(3)24-17/h4-10,12-13H,11H2,1-3H3,(H,20,23). The van der Waals surface area contributed by atoms with Crippen LogP contribution in [0.5, 0.6) is 0 Å². The summed E-state index contributed by atoms with van der Waals surface area (Å²) in [7, 11) is 0. The predicted octanol–water partition coefficient (Wildman–Crippen LogP) is 3.83. The minimum absolute atomic E-state index is 0.144. The lowest BCUT2D eigenvalue weighted by atomic mass is 10.1. The van der Waals surface area contributed by atoms with Gasteiger partial charge in [-0.1, -0.05) is 32.0 Å². The largest absolute Gasteiger partial charge is 0.460 e. The van der Waals surface area contributed by atoms with Gasteiger partial charge in [0.05, 0.1) is 11.3 Å². The van der Waals surface area contributed by atoms with Crippen molar-refractivity contribution in [3.63, 3.8) is 0 Å². The molecule has 0 spiro atoms. The second kappa shape index (κ2) is 6.74. The number of hydrogen-bond acceptors (Lipinski definition) is 3. The van der Waals surface area contributed by atoms with Crippen molar-refractivity contribution in [3.05, 3.63) is 60.0 Å². The van der Waals surface area contributed by atoms with Crippen molar-refractivity contribution in [2.75, 3.05) is 6.54 Å². The third-order valence-corrected chi connectivity index (χ3v) is 3.62. The van der Waals surface area contributed by atoms with Crippen LogP contribution >= 0.6 is 0 Å². The van der Waals surface area contributed by atoms with Crippen molar-refractivity contribution < 1.29 is 9.21 Å². The molecule has 0 aliphatic carbocycles. The number of carbonyl (C=O) groups excluding carboxylic acids is 1. The molecule has 0 atom stereocenters. The van der Waals surface area contributed by atoms with Gasteiger partial charge in [0.2, 0.25) is 0 Å². The molecule has 3 aromatic rings. The molecular formula is C19H21N3O2. The van der Waals surface area contributed by atoms with Crippen LogP contribution in [-0.4, -0.2) is 22.2 Å². The first kappa shape index (κ1) is 16.1. The summed E-state index contributed by atoms with van der Waals surface area (Å²) in [6.45, 7) is 6.61. The van der Waals surface area contributed by atoms with Crippen molar-refractivity contribution in [1.82, 2.24) is 15.1 Å². The number of furan rings is 1. The smallest absolute Gasteiger partial charge is 0.255 e. The van der Waals surface area contributed by atoms with E-state index in [-0.39, 0.29) is 5.91 Å². The Morgan fingerprint density at radius 3 is 2.58 bits per heavy atom. The summed E-state index contributed by atoms with van der Waals surface area (Å²) in [5, 5.41) is 7.52. The molecule has 1 N–H and O–H groups in total. The maximum absolute atomic E-state index is 12.6. The summed E-state index contributed by atoms with van der Waals surface area (Å²) >= 11 is 0. The van der Waals surface area contributed by atoms with Crippen LogP contribution < -0.4 is 5.32 Å². The molecule has 5 heteroatoms. The van der Waals surface area contributed by atoms with E-state index in [9.17, 15) is 4.79 Å². The van der Waals surface area contributed by atoms with E-state index < -0.39 is 0 Å². The first-order valence-corrected chi connectivity index (χ1v) is 8.04. The van der Waals surface area contributed by atoms with Gasteiger partial charge in [0.25, 0.3) is 5.91 Å². The van der Waals surface area contributed by atoms with E-state index >= 15 is 0 Å². The van der Waals surface area contributed by atoms with Crippen LogP contribution in [0.3, 0.4) is 0 Å². The van der Waals surface area contributed by atoms with Gasteiger partial charge in [-0.15, -0.1) is 0 Å². The van der Waals surface area contributed by atoms with Crippen molar-refractivity contribution in [2.45, 2.75) is 20.8 Å². The van der Waals surface area contributed by atoms with Crippen LogP contribution in [0.4, 0.5) is 0 Å². The van der Waals surface area contributed by atoms with Crippen molar-refractivity contribution in [2.24, 2.45) is 5.92 Å². The molecule has 2 aromatic heterocycles. The van der Waals surface area contributed by atoms with Gasteiger partial charge in [-0.2, -0.15) is 5.10 Å². The number of aryl methyl sites for hydroxylation is 1. The molecule has 5 nitrogen and oxygen atoms in total. The Balaban J connectivity index is 2.01. The van der Waals surface area contributed by atoms with Gasteiger partial charge in [0.1, 0.15) is 11.5 Å². The van der Waals surface area contributed by atoms with E-state index in [2.05, 4.69) is 24.3 Å². The molecule has 0 unspecified atom stereocenters. The maximum Gasteiger partial charge on any atom is 0.255 e. The quantitative estimate of drug-likeness (QED) is 0.776. The maximum atomic E-state index is 12.6. The fourth-order valence-corrected chi connectivity index (χ4v) is 2.39. The molecule has 2 heterocycles. The van der Waals surface area contributed by atoms with Crippen molar-refractivity contribution in [3.8, 4) is 17.1 Å². The molecule has 0 bridgehead atoms. The fourth-order valence-electron chi connectivity index (χ4n) is 2.39. The van der Waals surface area contributed by atoms with Gasteiger partial charge >= 0.3 is 0 Å². The SMILES string of the molecule is Cc1ccc(-c2nn(-c3ccccc3)cc2C(=O)NCC(C)C)o1. The minimum Gasteiger partial charge on any atom is -0.460 e. The first-order chi connectivity index (χ1) is 11.5. The van der Waals surface area contributed by atoms with Gasteiger partial charge in [0, 0.05) is 12.7 Å². The van der Waals surface area contributed by atoms with E-state index in [0.717, 1.165) is 11.4 Å². The summed E-state index contributed by atoms with van der Waals surface area (Å²) in [5.74, 6) is 1.62. The van der Waals surface area contributed by atoms with Gasteiger partial charge in [0.15, 0.2) is 5.76 Å². The zero-order valence-corrected chi connectivity index (χ0v) is 14.1. The Bertz CT molecular complexity index is 831. The average Bonchev–Trinajstić information content (AvgIpc) is 3.19. The summed E-state index contributed by atoms with van der Waals surface area (Å²) in [6.07, 6.45) is 1.75. The Labute approximate surface area is 141 Å². The van der Waals surface area contributed by atoms with E-state index in [0.29, 0.717) is 29.5 Å². The lowest BCUT2D eigenvalue weighted by Gasteiger charge is -2.06. The van der Waals surface area contributed by atoms with Crippen LogP contribution in [0.15, 0.2) is 53.1 Å². The highest BCUT2D eigenvalue weighted by Gasteiger charge is 2.20. The number of rotatable bonds is 5. The Hall–Kier alpha value is -2.82. The predicted molar refractivity (Wildman–Crippen MR) is 93.2 cm³/mol. The number of benzene rings is 1. The van der Waals surface area contributed by atoms with Crippen LogP contribution in [0.25, 0.3) is 17.1 Å². The number of carbonyl (C=O) groups is 1. The molecule has 0 saturated heterocycles. The van der Waals surface area contributed by atoms with E-state index in [4.69, 9.17) is 4.42 Å². The molecule has 0 fully saturated rings. The molecule has 0 aliphatic rings. The van der Waals surface area contributed by atoms with E-state index in [1.54, 1.807) is 10.9 Å². The second-order valence-corrected chi connectivity index (χ2v) is 6.19.